The third kappa shape index (κ3) is 0.858. The van der Waals surface area contributed by atoms with Crippen LogP contribution >= 0.6 is 0 Å². The van der Waals surface area contributed by atoms with Crippen molar-refractivity contribution in [1.82, 2.24) is 0 Å². The van der Waals surface area contributed by atoms with Gasteiger partial charge in [-0.1, -0.05) is 6.92 Å². The van der Waals surface area contributed by atoms with Gasteiger partial charge in [0.2, 0.25) is 0 Å². The average molecular weight is 116 g/mol. The van der Waals surface area contributed by atoms with E-state index in [0.29, 0.717) is 0 Å². The normalized spacial score (nSPS) is 47.6. The SMILES string of the molecule is CC1C(O)CCC1O. The lowest BCUT2D eigenvalue weighted by molar-refractivity contribution is 0.0764. The summed E-state index contributed by atoms with van der Waals surface area (Å²) >= 11 is 0. The summed E-state index contributed by atoms with van der Waals surface area (Å²) in [6.07, 6.45) is 1.01. The van der Waals surface area contributed by atoms with Crippen LogP contribution in [-0.4, -0.2) is 22.4 Å². The maximum absolute atomic E-state index is 9.01. The molecule has 0 aromatic heterocycles. The quantitative estimate of drug-likeness (QED) is 0.472. The Hall–Kier alpha value is -0.0800. The van der Waals surface area contributed by atoms with E-state index in [1.54, 1.807) is 0 Å². The maximum atomic E-state index is 9.01. The van der Waals surface area contributed by atoms with Gasteiger partial charge in [0.1, 0.15) is 0 Å². The largest absolute Gasteiger partial charge is 0.393 e. The lowest BCUT2D eigenvalue weighted by atomic mass is 10.1. The highest BCUT2D eigenvalue weighted by Gasteiger charge is 2.29. The van der Waals surface area contributed by atoms with Crippen molar-refractivity contribution >= 4 is 0 Å². The predicted molar refractivity (Wildman–Crippen MR) is 30.4 cm³/mol. The third-order valence-corrected chi connectivity index (χ3v) is 1.97. The van der Waals surface area contributed by atoms with E-state index in [1.807, 2.05) is 6.92 Å². The monoisotopic (exact) mass is 116 g/mol. The number of hydrogen-bond donors (Lipinski definition) is 2. The Morgan fingerprint density at radius 3 is 1.62 bits per heavy atom. The number of aliphatic hydroxyl groups is 2. The molecule has 1 aliphatic carbocycles. The molecule has 1 saturated carbocycles. The molecule has 1 fully saturated rings. The van der Waals surface area contributed by atoms with Crippen molar-refractivity contribution in [2.75, 3.05) is 0 Å². The molecule has 8 heavy (non-hydrogen) atoms. The van der Waals surface area contributed by atoms with E-state index in [2.05, 4.69) is 0 Å². The van der Waals surface area contributed by atoms with Crippen molar-refractivity contribution in [1.29, 1.82) is 0 Å². The lowest BCUT2D eigenvalue weighted by Crippen LogP contribution is -2.18. The van der Waals surface area contributed by atoms with E-state index < -0.39 is 0 Å². The minimum absolute atomic E-state index is 0.0926. The van der Waals surface area contributed by atoms with Gasteiger partial charge in [-0.3, -0.25) is 0 Å². The zero-order chi connectivity index (χ0) is 6.15. The standard InChI is InChI=1S/C6H12O2/c1-4-5(7)2-3-6(4)8/h4-8H,2-3H2,1H3. The molecule has 0 aromatic carbocycles. The minimum Gasteiger partial charge on any atom is -0.393 e. The molecule has 0 saturated heterocycles. The van der Waals surface area contributed by atoms with Gasteiger partial charge < -0.3 is 10.2 Å². The Balaban J connectivity index is 2.44. The maximum Gasteiger partial charge on any atom is 0.0591 e. The first kappa shape index (κ1) is 6.05. The summed E-state index contributed by atoms with van der Waals surface area (Å²) < 4.78 is 0. The van der Waals surface area contributed by atoms with Crippen LogP contribution in [0.3, 0.4) is 0 Å². The van der Waals surface area contributed by atoms with Gasteiger partial charge in [0.15, 0.2) is 0 Å². The molecule has 2 unspecified atom stereocenters. The summed E-state index contributed by atoms with van der Waals surface area (Å²) in [5, 5.41) is 18.0. The number of hydrogen-bond acceptors (Lipinski definition) is 2. The molecule has 0 radical (unpaired) electrons. The molecule has 2 heteroatoms. The van der Waals surface area contributed by atoms with Gasteiger partial charge in [0.25, 0.3) is 0 Å². The topological polar surface area (TPSA) is 40.5 Å². The molecule has 0 spiro atoms. The second kappa shape index (κ2) is 2.03. The fourth-order valence-electron chi connectivity index (χ4n) is 1.12. The van der Waals surface area contributed by atoms with Gasteiger partial charge in [-0.05, 0) is 12.8 Å². The van der Waals surface area contributed by atoms with Gasteiger partial charge in [-0.15, -0.1) is 0 Å². The molecule has 1 rings (SSSR count). The van der Waals surface area contributed by atoms with Gasteiger partial charge in [-0.25, -0.2) is 0 Å². The van der Waals surface area contributed by atoms with Crippen LogP contribution in [-0.2, 0) is 0 Å². The highest BCUT2D eigenvalue weighted by atomic mass is 16.3. The fourth-order valence-corrected chi connectivity index (χ4v) is 1.12. The Bertz CT molecular complexity index is 72.6. The fraction of sp³-hybridized carbons (Fsp3) is 1.00. The summed E-state index contributed by atoms with van der Waals surface area (Å²) in [5.41, 5.74) is 0. The summed E-state index contributed by atoms with van der Waals surface area (Å²) in [6, 6.07) is 0. The van der Waals surface area contributed by atoms with Crippen LogP contribution in [0.5, 0.6) is 0 Å². The van der Waals surface area contributed by atoms with Crippen molar-refractivity contribution < 1.29 is 10.2 Å². The predicted octanol–water partition coefficient (Wildman–Crippen LogP) is 0.138. The first-order chi connectivity index (χ1) is 3.72. The second-order valence-electron chi connectivity index (χ2n) is 2.57. The molecule has 0 amide bonds. The van der Waals surface area contributed by atoms with Gasteiger partial charge in [-0.2, -0.15) is 0 Å². The van der Waals surface area contributed by atoms with Crippen LogP contribution in [0.1, 0.15) is 19.8 Å². The Kier molecular flexibility index (Phi) is 1.54. The molecule has 0 aliphatic heterocycles. The molecule has 48 valence electrons. The highest BCUT2D eigenvalue weighted by Crippen LogP contribution is 2.24. The van der Waals surface area contributed by atoms with Crippen LogP contribution in [0.15, 0.2) is 0 Å². The number of rotatable bonds is 0. The molecule has 2 nitrogen and oxygen atoms in total. The number of aliphatic hydroxyl groups excluding tert-OH is 2. The minimum atomic E-state index is -0.259. The Labute approximate surface area is 49.1 Å². The zero-order valence-corrected chi connectivity index (χ0v) is 5.04. The average Bonchev–Trinajstić information content (AvgIpc) is 1.98. The second-order valence-corrected chi connectivity index (χ2v) is 2.57. The summed E-state index contributed by atoms with van der Waals surface area (Å²) in [4.78, 5) is 0. The van der Waals surface area contributed by atoms with Gasteiger partial charge in [0, 0.05) is 5.92 Å². The van der Waals surface area contributed by atoms with Crippen LogP contribution in [0.25, 0.3) is 0 Å². The Morgan fingerprint density at radius 2 is 1.50 bits per heavy atom. The molecule has 2 N–H and O–H groups in total. The van der Waals surface area contributed by atoms with Crippen LogP contribution in [0.4, 0.5) is 0 Å². The third-order valence-electron chi connectivity index (χ3n) is 1.97. The summed E-state index contributed by atoms with van der Waals surface area (Å²) in [6.45, 7) is 1.88. The molecule has 1 aliphatic rings. The van der Waals surface area contributed by atoms with Crippen molar-refractivity contribution in [2.45, 2.75) is 32.0 Å². The van der Waals surface area contributed by atoms with Crippen molar-refractivity contribution in [3.05, 3.63) is 0 Å². The molecular weight excluding hydrogens is 104 g/mol. The van der Waals surface area contributed by atoms with Crippen LogP contribution < -0.4 is 0 Å². The van der Waals surface area contributed by atoms with Crippen molar-refractivity contribution in [2.24, 2.45) is 5.92 Å². The van der Waals surface area contributed by atoms with Gasteiger partial charge >= 0.3 is 0 Å². The van der Waals surface area contributed by atoms with E-state index in [4.69, 9.17) is 10.2 Å². The van der Waals surface area contributed by atoms with E-state index in [0.717, 1.165) is 12.8 Å². The van der Waals surface area contributed by atoms with E-state index >= 15 is 0 Å². The lowest BCUT2D eigenvalue weighted by Gasteiger charge is -2.09. The molecule has 0 bridgehead atoms. The van der Waals surface area contributed by atoms with Crippen molar-refractivity contribution in [3.63, 3.8) is 0 Å². The first-order valence-corrected chi connectivity index (χ1v) is 3.08. The highest BCUT2D eigenvalue weighted by molar-refractivity contribution is 4.80. The molecule has 2 atom stereocenters. The first-order valence-electron chi connectivity index (χ1n) is 3.08. The van der Waals surface area contributed by atoms with Gasteiger partial charge in [0.05, 0.1) is 12.2 Å². The van der Waals surface area contributed by atoms with Crippen molar-refractivity contribution in [3.8, 4) is 0 Å². The summed E-state index contributed by atoms with van der Waals surface area (Å²) in [7, 11) is 0. The molecular formula is C6H12O2. The van der Waals surface area contributed by atoms with Crippen LogP contribution in [0.2, 0.25) is 0 Å². The van der Waals surface area contributed by atoms with E-state index in [-0.39, 0.29) is 18.1 Å². The van der Waals surface area contributed by atoms with E-state index in [1.165, 1.54) is 0 Å². The summed E-state index contributed by atoms with van der Waals surface area (Å²) in [5.74, 6) is 0.0926. The molecule has 0 heterocycles. The zero-order valence-electron chi connectivity index (χ0n) is 5.04. The van der Waals surface area contributed by atoms with Crippen LogP contribution in [0, 0.1) is 5.92 Å². The Morgan fingerprint density at radius 1 is 1.12 bits per heavy atom. The van der Waals surface area contributed by atoms with E-state index in [9.17, 15) is 0 Å². The smallest absolute Gasteiger partial charge is 0.0591 e. The molecule has 0 aromatic rings.